The molecule has 4 rings (SSSR count). The van der Waals surface area contributed by atoms with Crippen molar-refractivity contribution in [2.75, 3.05) is 36.5 Å². The Morgan fingerprint density at radius 3 is 2.56 bits per heavy atom. The van der Waals surface area contributed by atoms with E-state index in [-0.39, 0.29) is 5.91 Å². The largest absolute Gasteiger partial charge is 0.486 e. The molecule has 0 bridgehead atoms. The number of ether oxygens (including phenoxy) is 2. The van der Waals surface area contributed by atoms with E-state index >= 15 is 0 Å². The predicted molar refractivity (Wildman–Crippen MR) is 95.7 cm³/mol. The normalized spacial score (nSPS) is 16.4. The summed E-state index contributed by atoms with van der Waals surface area (Å²) in [5, 5.41) is 2.86. The van der Waals surface area contributed by atoms with Crippen molar-refractivity contribution in [2.45, 2.75) is 19.3 Å². The zero-order chi connectivity index (χ0) is 17.1. The van der Waals surface area contributed by atoms with Gasteiger partial charge in [0.05, 0.1) is 11.9 Å². The van der Waals surface area contributed by atoms with E-state index in [4.69, 9.17) is 9.47 Å². The second-order valence-corrected chi connectivity index (χ2v) is 6.26. The van der Waals surface area contributed by atoms with Gasteiger partial charge in [-0.3, -0.25) is 4.79 Å². The number of piperidine rings is 1. The molecular formula is C19H21N3O3. The molecule has 1 amide bonds. The van der Waals surface area contributed by atoms with E-state index in [0.717, 1.165) is 18.8 Å². The van der Waals surface area contributed by atoms with Crippen molar-refractivity contribution in [2.24, 2.45) is 0 Å². The second kappa shape index (κ2) is 7.01. The van der Waals surface area contributed by atoms with Gasteiger partial charge in [-0.2, -0.15) is 0 Å². The molecule has 2 aliphatic heterocycles. The fourth-order valence-corrected chi connectivity index (χ4v) is 3.18. The molecule has 1 fully saturated rings. The third-order valence-electron chi connectivity index (χ3n) is 4.50. The predicted octanol–water partition coefficient (Wildman–Crippen LogP) is 3.10. The number of amides is 1. The van der Waals surface area contributed by atoms with E-state index in [9.17, 15) is 4.79 Å². The number of fused-ring (bicyclic) bond motifs is 1. The molecule has 3 heterocycles. The summed E-state index contributed by atoms with van der Waals surface area (Å²) in [6.45, 7) is 3.19. The number of benzene rings is 1. The van der Waals surface area contributed by atoms with Crippen molar-refractivity contribution >= 4 is 17.3 Å². The maximum Gasteiger partial charge on any atom is 0.274 e. The van der Waals surface area contributed by atoms with Crippen molar-refractivity contribution in [1.29, 1.82) is 0 Å². The van der Waals surface area contributed by atoms with Crippen LogP contribution in [0.15, 0.2) is 36.5 Å². The number of carbonyl (C=O) groups is 1. The van der Waals surface area contributed by atoms with Crippen molar-refractivity contribution in [3.05, 3.63) is 42.2 Å². The minimum Gasteiger partial charge on any atom is -0.486 e. The van der Waals surface area contributed by atoms with Crippen LogP contribution in [0.2, 0.25) is 0 Å². The lowest BCUT2D eigenvalue weighted by Gasteiger charge is -2.28. The fraction of sp³-hybridized carbons (Fsp3) is 0.368. The molecule has 25 heavy (non-hydrogen) atoms. The summed E-state index contributed by atoms with van der Waals surface area (Å²) in [4.78, 5) is 19.1. The van der Waals surface area contributed by atoms with E-state index in [0.29, 0.717) is 36.1 Å². The molecule has 1 saturated heterocycles. The van der Waals surface area contributed by atoms with Gasteiger partial charge in [0.25, 0.3) is 5.91 Å². The van der Waals surface area contributed by atoms with Crippen molar-refractivity contribution in [3.8, 4) is 11.5 Å². The third kappa shape index (κ3) is 3.52. The Hall–Kier alpha value is -2.76. The molecule has 1 aromatic heterocycles. The Bertz CT molecular complexity index is 755. The second-order valence-electron chi connectivity index (χ2n) is 6.26. The van der Waals surface area contributed by atoms with Gasteiger partial charge in [0, 0.05) is 24.8 Å². The first-order chi connectivity index (χ1) is 12.3. The smallest absolute Gasteiger partial charge is 0.274 e. The molecule has 0 unspecified atom stereocenters. The van der Waals surface area contributed by atoms with E-state index < -0.39 is 0 Å². The molecule has 2 aromatic rings. The minimum absolute atomic E-state index is 0.234. The van der Waals surface area contributed by atoms with Crippen LogP contribution in [0.5, 0.6) is 11.5 Å². The van der Waals surface area contributed by atoms with Crippen LogP contribution in [0.4, 0.5) is 11.4 Å². The topological polar surface area (TPSA) is 63.7 Å². The molecule has 0 spiro atoms. The van der Waals surface area contributed by atoms with E-state index in [1.54, 1.807) is 30.5 Å². The summed E-state index contributed by atoms with van der Waals surface area (Å²) in [7, 11) is 0. The minimum atomic E-state index is -0.234. The van der Waals surface area contributed by atoms with Gasteiger partial charge < -0.3 is 19.7 Å². The summed E-state index contributed by atoms with van der Waals surface area (Å²) >= 11 is 0. The Kier molecular flexibility index (Phi) is 4.41. The van der Waals surface area contributed by atoms with Gasteiger partial charge in [-0.15, -0.1) is 0 Å². The van der Waals surface area contributed by atoms with Crippen molar-refractivity contribution < 1.29 is 14.3 Å². The average molecular weight is 339 g/mol. The molecule has 0 atom stereocenters. The van der Waals surface area contributed by atoms with E-state index in [2.05, 4.69) is 15.2 Å². The van der Waals surface area contributed by atoms with Gasteiger partial charge >= 0.3 is 0 Å². The van der Waals surface area contributed by atoms with Gasteiger partial charge in [-0.05, 0) is 43.5 Å². The molecular weight excluding hydrogens is 318 g/mol. The monoisotopic (exact) mass is 339 g/mol. The highest BCUT2D eigenvalue weighted by Gasteiger charge is 2.15. The molecule has 0 saturated carbocycles. The number of aromatic nitrogens is 1. The molecule has 0 radical (unpaired) electrons. The van der Waals surface area contributed by atoms with Crippen LogP contribution in [-0.4, -0.2) is 37.2 Å². The first-order valence-corrected chi connectivity index (χ1v) is 8.71. The number of hydrogen-bond acceptors (Lipinski definition) is 5. The fourth-order valence-electron chi connectivity index (χ4n) is 3.18. The van der Waals surface area contributed by atoms with Gasteiger partial charge in [-0.1, -0.05) is 0 Å². The molecule has 1 N–H and O–H groups in total. The number of pyridine rings is 1. The van der Waals surface area contributed by atoms with Crippen LogP contribution >= 0.6 is 0 Å². The van der Waals surface area contributed by atoms with Crippen LogP contribution in [0.1, 0.15) is 29.8 Å². The Morgan fingerprint density at radius 2 is 1.80 bits per heavy atom. The maximum atomic E-state index is 12.4. The van der Waals surface area contributed by atoms with Crippen LogP contribution in [0.3, 0.4) is 0 Å². The zero-order valence-electron chi connectivity index (χ0n) is 14.0. The number of hydrogen-bond donors (Lipinski definition) is 1. The van der Waals surface area contributed by atoms with Crippen LogP contribution in [0, 0.1) is 0 Å². The summed E-state index contributed by atoms with van der Waals surface area (Å²) in [6.07, 6.45) is 5.50. The summed E-state index contributed by atoms with van der Waals surface area (Å²) in [5.41, 5.74) is 2.14. The van der Waals surface area contributed by atoms with Crippen LogP contribution < -0.4 is 19.7 Å². The molecule has 6 heteroatoms. The SMILES string of the molecule is O=C(Nc1ccc2c(c1)OCCO2)c1ccc(N2CCCCC2)cn1. The number of anilines is 2. The first kappa shape index (κ1) is 15.7. The summed E-state index contributed by atoms with van der Waals surface area (Å²) in [6, 6.07) is 9.12. The maximum absolute atomic E-state index is 12.4. The van der Waals surface area contributed by atoms with Gasteiger partial charge in [0.1, 0.15) is 18.9 Å². The standard InChI is InChI=1S/C19H21N3O3/c23-19(21-14-4-7-17-18(12-14)25-11-10-24-17)16-6-5-15(13-20-16)22-8-2-1-3-9-22/h4-7,12-13H,1-3,8-11H2,(H,21,23). The highest BCUT2D eigenvalue weighted by Crippen LogP contribution is 2.32. The lowest BCUT2D eigenvalue weighted by Crippen LogP contribution is -2.29. The lowest BCUT2D eigenvalue weighted by molar-refractivity contribution is 0.102. The Morgan fingerprint density at radius 1 is 1.00 bits per heavy atom. The highest BCUT2D eigenvalue weighted by atomic mass is 16.6. The van der Waals surface area contributed by atoms with Crippen molar-refractivity contribution in [1.82, 2.24) is 4.98 Å². The average Bonchev–Trinajstić information content (AvgIpc) is 2.69. The third-order valence-corrected chi connectivity index (χ3v) is 4.50. The Labute approximate surface area is 146 Å². The molecule has 130 valence electrons. The number of carbonyl (C=O) groups excluding carboxylic acids is 1. The van der Waals surface area contributed by atoms with E-state index in [1.807, 2.05) is 6.07 Å². The number of rotatable bonds is 3. The summed E-state index contributed by atoms with van der Waals surface area (Å²) in [5.74, 6) is 1.12. The summed E-state index contributed by atoms with van der Waals surface area (Å²) < 4.78 is 11.0. The molecule has 2 aliphatic rings. The quantitative estimate of drug-likeness (QED) is 0.931. The zero-order valence-corrected chi connectivity index (χ0v) is 14.0. The molecule has 1 aromatic carbocycles. The Balaban J connectivity index is 1.44. The van der Waals surface area contributed by atoms with Crippen molar-refractivity contribution in [3.63, 3.8) is 0 Å². The van der Waals surface area contributed by atoms with Gasteiger partial charge in [0.2, 0.25) is 0 Å². The van der Waals surface area contributed by atoms with Crippen LogP contribution in [0.25, 0.3) is 0 Å². The first-order valence-electron chi connectivity index (χ1n) is 8.71. The number of nitrogens with zero attached hydrogens (tertiary/aromatic N) is 2. The molecule has 6 nitrogen and oxygen atoms in total. The van der Waals surface area contributed by atoms with Gasteiger partial charge in [0.15, 0.2) is 11.5 Å². The lowest BCUT2D eigenvalue weighted by atomic mass is 10.1. The van der Waals surface area contributed by atoms with E-state index in [1.165, 1.54) is 19.3 Å². The number of nitrogens with one attached hydrogen (secondary N) is 1. The van der Waals surface area contributed by atoms with Crippen LogP contribution in [-0.2, 0) is 0 Å². The highest BCUT2D eigenvalue weighted by molar-refractivity contribution is 6.03. The van der Waals surface area contributed by atoms with Gasteiger partial charge in [-0.25, -0.2) is 4.98 Å². The molecule has 0 aliphatic carbocycles.